The highest BCUT2D eigenvalue weighted by Gasteiger charge is 2.19. The molecule has 1 aromatic rings. The average Bonchev–Trinajstić information content (AvgIpc) is 2.26. The number of ether oxygens (including phenoxy) is 2. The number of hydrogen-bond acceptors (Lipinski definition) is 3. The maximum atomic E-state index is 5.87. The zero-order valence-electron chi connectivity index (χ0n) is 8.41. The molecule has 1 aromatic carbocycles. The molecule has 0 fully saturated rings. The highest BCUT2D eigenvalue weighted by molar-refractivity contribution is 6.30. The van der Waals surface area contributed by atoms with E-state index in [2.05, 4.69) is 0 Å². The fourth-order valence-corrected chi connectivity index (χ4v) is 1.76. The fraction of sp³-hybridized carbons (Fsp3) is 0.455. The summed E-state index contributed by atoms with van der Waals surface area (Å²) >= 11 is 5.87. The molecule has 2 rings (SSSR count). The Labute approximate surface area is 94.1 Å². The summed E-state index contributed by atoms with van der Waals surface area (Å²) in [6, 6.07) is 5.58. The van der Waals surface area contributed by atoms with E-state index in [0.29, 0.717) is 18.2 Å². The van der Waals surface area contributed by atoms with Crippen molar-refractivity contribution in [1.82, 2.24) is 0 Å². The van der Waals surface area contributed by atoms with E-state index in [4.69, 9.17) is 26.8 Å². The number of nitrogens with two attached hydrogens (primary N) is 1. The smallest absolute Gasteiger partial charge is 0.200 e. The molecule has 4 heteroatoms. The molecule has 1 atom stereocenters. The van der Waals surface area contributed by atoms with Gasteiger partial charge in [0, 0.05) is 17.0 Å². The van der Waals surface area contributed by atoms with Gasteiger partial charge in [0.2, 0.25) is 0 Å². The summed E-state index contributed by atoms with van der Waals surface area (Å²) in [7, 11) is 0. The van der Waals surface area contributed by atoms with Crippen molar-refractivity contribution in [3.8, 4) is 5.75 Å². The molecule has 1 aliphatic rings. The van der Waals surface area contributed by atoms with Crippen LogP contribution in [-0.4, -0.2) is 12.8 Å². The second kappa shape index (κ2) is 4.84. The highest BCUT2D eigenvalue weighted by atomic mass is 35.5. The normalized spacial score (nSPS) is 19.5. The summed E-state index contributed by atoms with van der Waals surface area (Å²) in [6.45, 7) is 1.22. The van der Waals surface area contributed by atoms with Crippen molar-refractivity contribution >= 4 is 11.6 Å². The van der Waals surface area contributed by atoms with Crippen molar-refractivity contribution in [1.29, 1.82) is 0 Å². The maximum absolute atomic E-state index is 5.87. The summed E-state index contributed by atoms with van der Waals surface area (Å²) in [5.41, 5.74) is 6.44. The second-order valence-electron chi connectivity index (χ2n) is 3.54. The van der Waals surface area contributed by atoms with Crippen LogP contribution in [0.25, 0.3) is 0 Å². The van der Waals surface area contributed by atoms with E-state index in [-0.39, 0.29) is 6.29 Å². The summed E-state index contributed by atoms with van der Waals surface area (Å²) in [4.78, 5) is 0. The zero-order valence-corrected chi connectivity index (χ0v) is 9.17. The van der Waals surface area contributed by atoms with Gasteiger partial charge in [0.1, 0.15) is 5.75 Å². The molecule has 0 amide bonds. The van der Waals surface area contributed by atoms with Gasteiger partial charge < -0.3 is 15.2 Å². The topological polar surface area (TPSA) is 44.5 Å². The lowest BCUT2D eigenvalue weighted by molar-refractivity contribution is -0.111. The maximum Gasteiger partial charge on any atom is 0.200 e. The van der Waals surface area contributed by atoms with E-state index in [0.717, 1.165) is 24.2 Å². The number of rotatable bonds is 3. The van der Waals surface area contributed by atoms with Crippen LogP contribution in [0, 0.1) is 0 Å². The van der Waals surface area contributed by atoms with E-state index in [1.54, 1.807) is 0 Å². The number of fused-ring (bicyclic) bond motifs is 1. The molecule has 0 radical (unpaired) electrons. The molecule has 3 nitrogen and oxygen atoms in total. The molecule has 0 spiro atoms. The Kier molecular flexibility index (Phi) is 3.46. The van der Waals surface area contributed by atoms with Gasteiger partial charge in [-0.3, -0.25) is 0 Å². The first-order chi connectivity index (χ1) is 7.29. The van der Waals surface area contributed by atoms with Crippen molar-refractivity contribution in [2.24, 2.45) is 5.73 Å². The van der Waals surface area contributed by atoms with Crippen LogP contribution in [0.4, 0.5) is 0 Å². The van der Waals surface area contributed by atoms with Gasteiger partial charge in [0.25, 0.3) is 0 Å². The van der Waals surface area contributed by atoms with Crippen LogP contribution in [0.5, 0.6) is 5.75 Å². The van der Waals surface area contributed by atoms with E-state index in [1.807, 2.05) is 18.2 Å². The molecule has 82 valence electrons. The summed E-state index contributed by atoms with van der Waals surface area (Å²) in [5.74, 6) is 0.868. The molecule has 0 aliphatic carbocycles. The first-order valence-corrected chi connectivity index (χ1v) is 5.44. The van der Waals surface area contributed by atoms with Crippen molar-refractivity contribution in [3.63, 3.8) is 0 Å². The van der Waals surface area contributed by atoms with E-state index < -0.39 is 0 Å². The van der Waals surface area contributed by atoms with Gasteiger partial charge >= 0.3 is 0 Å². The second-order valence-corrected chi connectivity index (χ2v) is 3.98. The van der Waals surface area contributed by atoms with Gasteiger partial charge in [-0.1, -0.05) is 11.6 Å². The molecule has 0 bridgehead atoms. The minimum absolute atomic E-state index is 0.165. The Morgan fingerprint density at radius 3 is 3.13 bits per heavy atom. The van der Waals surface area contributed by atoms with Crippen LogP contribution in [-0.2, 0) is 11.3 Å². The van der Waals surface area contributed by atoms with Crippen LogP contribution < -0.4 is 10.5 Å². The van der Waals surface area contributed by atoms with Crippen LogP contribution in [0.1, 0.15) is 18.4 Å². The van der Waals surface area contributed by atoms with Gasteiger partial charge in [0.15, 0.2) is 6.29 Å². The predicted molar refractivity (Wildman–Crippen MR) is 58.9 cm³/mol. The van der Waals surface area contributed by atoms with E-state index >= 15 is 0 Å². The standard InChI is InChI=1S/C11H14ClNO2/c12-9-3-4-10-8(6-9)7-14-11(15-10)2-1-5-13/h3-4,6,11H,1-2,5,7,13H2. The van der Waals surface area contributed by atoms with Crippen molar-refractivity contribution in [3.05, 3.63) is 28.8 Å². The third kappa shape index (κ3) is 2.62. The SMILES string of the molecule is NCCCC1OCc2cc(Cl)ccc2O1. The number of halogens is 1. The third-order valence-corrected chi connectivity index (χ3v) is 2.58. The quantitative estimate of drug-likeness (QED) is 0.862. The minimum atomic E-state index is -0.165. The van der Waals surface area contributed by atoms with Crippen molar-refractivity contribution in [2.75, 3.05) is 6.54 Å². The fourth-order valence-electron chi connectivity index (χ4n) is 1.56. The molecule has 2 N–H and O–H groups in total. The predicted octanol–water partition coefficient (Wildman–Crippen LogP) is 2.31. The van der Waals surface area contributed by atoms with E-state index in [1.165, 1.54) is 0 Å². The van der Waals surface area contributed by atoms with E-state index in [9.17, 15) is 0 Å². The lowest BCUT2D eigenvalue weighted by Gasteiger charge is -2.26. The minimum Gasteiger partial charge on any atom is -0.465 e. The summed E-state index contributed by atoms with van der Waals surface area (Å²) in [6.07, 6.45) is 1.58. The Hall–Kier alpha value is -0.770. The average molecular weight is 228 g/mol. The van der Waals surface area contributed by atoms with Crippen LogP contribution in [0.2, 0.25) is 5.02 Å². The van der Waals surface area contributed by atoms with Crippen LogP contribution in [0.3, 0.4) is 0 Å². The molecule has 0 saturated carbocycles. The van der Waals surface area contributed by atoms with Gasteiger partial charge in [-0.05, 0) is 31.2 Å². The Balaban J connectivity index is 2.03. The van der Waals surface area contributed by atoms with Crippen molar-refractivity contribution in [2.45, 2.75) is 25.7 Å². The Bertz CT molecular complexity index is 343. The van der Waals surface area contributed by atoms with Crippen molar-refractivity contribution < 1.29 is 9.47 Å². The molecular weight excluding hydrogens is 214 g/mol. The molecule has 0 aromatic heterocycles. The molecule has 15 heavy (non-hydrogen) atoms. The molecule has 1 aliphatic heterocycles. The molecule has 1 heterocycles. The summed E-state index contributed by atoms with van der Waals surface area (Å²) in [5, 5.41) is 0.710. The monoisotopic (exact) mass is 227 g/mol. The molecule has 0 saturated heterocycles. The van der Waals surface area contributed by atoms with Gasteiger partial charge in [0.05, 0.1) is 6.61 Å². The summed E-state index contributed by atoms with van der Waals surface area (Å²) < 4.78 is 11.2. The molecular formula is C11H14ClNO2. The highest BCUT2D eigenvalue weighted by Crippen LogP contribution is 2.29. The van der Waals surface area contributed by atoms with Gasteiger partial charge in [-0.2, -0.15) is 0 Å². The van der Waals surface area contributed by atoms with Gasteiger partial charge in [-0.25, -0.2) is 0 Å². The van der Waals surface area contributed by atoms with Crippen LogP contribution in [0.15, 0.2) is 18.2 Å². The number of benzene rings is 1. The molecule has 1 unspecified atom stereocenters. The lowest BCUT2D eigenvalue weighted by Crippen LogP contribution is -2.26. The first-order valence-electron chi connectivity index (χ1n) is 5.06. The zero-order chi connectivity index (χ0) is 10.7. The first kappa shape index (κ1) is 10.7. The number of hydrogen-bond donors (Lipinski definition) is 1. The Morgan fingerprint density at radius 2 is 2.33 bits per heavy atom. The van der Waals surface area contributed by atoms with Crippen LogP contribution >= 0.6 is 11.6 Å². The largest absolute Gasteiger partial charge is 0.465 e. The van der Waals surface area contributed by atoms with Gasteiger partial charge in [-0.15, -0.1) is 0 Å². The Morgan fingerprint density at radius 1 is 1.47 bits per heavy atom. The third-order valence-electron chi connectivity index (χ3n) is 2.35. The lowest BCUT2D eigenvalue weighted by atomic mass is 10.2.